The third kappa shape index (κ3) is 2.61. The molecule has 0 radical (unpaired) electrons. The van der Waals surface area contributed by atoms with E-state index in [4.69, 9.17) is 0 Å². The average Bonchev–Trinajstić information content (AvgIpc) is 2.39. The second-order valence-corrected chi connectivity index (χ2v) is 5.63. The molecule has 3 rings (SSSR count). The molecule has 1 saturated heterocycles. The van der Waals surface area contributed by atoms with E-state index in [1.165, 1.54) is 30.5 Å². The summed E-state index contributed by atoms with van der Waals surface area (Å²) >= 11 is 0. The Morgan fingerprint density at radius 2 is 1.95 bits per heavy atom. The van der Waals surface area contributed by atoms with E-state index in [0.29, 0.717) is 5.92 Å². The van der Waals surface area contributed by atoms with E-state index in [1.54, 1.807) is 12.1 Å². The number of rotatable bonds is 1. The van der Waals surface area contributed by atoms with Gasteiger partial charge in [-0.1, -0.05) is 6.92 Å². The molecule has 1 aliphatic heterocycles. The van der Waals surface area contributed by atoms with Gasteiger partial charge in [0.1, 0.15) is 0 Å². The predicted octanol–water partition coefficient (Wildman–Crippen LogP) is 3.05. The van der Waals surface area contributed by atoms with Crippen molar-refractivity contribution < 1.29 is 10.2 Å². The monoisotopic (exact) mass is 327 g/mol. The topological polar surface area (TPSA) is 43.7 Å². The quantitative estimate of drug-likeness (QED) is 0.779. The van der Waals surface area contributed by atoms with E-state index >= 15 is 0 Å². The van der Waals surface area contributed by atoms with Crippen LogP contribution in [0.25, 0.3) is 0 Å². The molecule has 106 valence electrons. The van der Waals surface area contributed by atoms with Gasteiger partial charge in [-0.15, -0.1) is 17.0 Å². The third-order valence-electron chi connectivity index (χ3n) is 4.71. The number of phenols is 2. The van der Waals surface area contributed by atoms with Crippen molar-refractivity contribution in [1.29, 1.82) is 0 Å². The summed E-state index contributed by atoms with van der Waals surface area (Å²) in [4.78, 5) is 2.49. The van der Waals surface area contributed by atoms with E-state index in [-0.39, 0.29) is 28.5 Å². The van der Waals surface area contributed by atoms with Crippen LogP contribution in [0, 0.1) is 5.92 Å². The zero-order valence-electron chi connectivity index (χ0n) is 11.3. The molecule has 1 heterocycles. The van der Waals surface area contributed by atoms with Crippen LogP contribution >= 0.6 is 17.0 Å². The van der Waals surface area contributed by atoms with Crippen LogP contribution < -0.4 is 0 Å². The van der Waals surface area contributed by atoms with Crippen LogP contribution in [0.15, 0.2) is 12.1 Å². The van der Waals surface area contributed by atoms with Gasteiger partial charge < -0.3 is 15.1 Å². The molecule has 0 bridgehead atoms. The Labute approximate surface area is 125 Å². The van der Waals surface area contributed by atoms with Crippen LogP contribution in [0.4, 0.5) is 0 Å². The number of aryl methyl sites for hydroxylation is 1. The van der Waals surface area contributed by atoms with Crippen molar-refractivity contribution >= 4 is 17.0 Å². The molecule has 1 aromatic rings. The molecule has 2 atom stereocenters. The Bertz CT molecular complexity index is 464. The maximum atomic E-state index is 9.73. The zero-order chi connectivity index (χ0) is 12.7. The van der Waals surface area contributed by atoms with E-state index in [0.717, 1.165) is 25.4 Å². The van der Waals surface area contributed by atoms with Gasteiger partial charge in [0.05, 0.1) is 0 Å². The van der Waals surface area contributed by atoms with Gasteiger partial charge in [-0.25, -0.2) is 0 Å². The number of piperidine rings is 1. The van der Waals surface area contributed by atoms with Crippen molar-refractivity contribution in [2.75, 3.05) is 19.6 Å². The summed E-state index contributed by atoms with van der Waals surface area (Å²) < 4.78 is 0. The van der Waals surface area contributed by atoms with Gasteiger partial charge in [0, 0.05) is 6.54 Å². The van der Waals surface area contributed by atoms with E-state index in [2.05, 4.69) is 11.8 Å². The van der Waals surface area contributed by atoms with E-state index in [1.807, 2.05) is 0 Å². The highest BCUT2D eigenvalue weighted by atomic mass is 79.9. The summed E-state index contributed by atoms with van der Waals surface area (Å²) in [5.74, 6) is 1.34. The molecule has 2 aliphatic rings. The number of hydrogen-bond acceptors (Lipinski definition) is 3. The van der Waals surface area contributed by atoms with Gasteiger partial charge >= 0.3 is 0 Å². The fourth-order valence-corrected chi connectivity index (χ4v) is 3.59. The van der Waals surface area contributed by atoms with Crippen LogP contribution in [0.1, 0.15) is 36.8 Å². The number of hydrogen-bond donors (Lipinski definition) is 2. The molecule has 0 unspecified atom stereocenters. The second kappa shape index (κ2) is 5.71. The summed E-state index contributed by atoms with van der Waals surface area (Å²) in [5, 5.41) is 19.3. The lowest BCUT2D eigenvalue weighted by atomic mass is 9.71. The largest absolute Gasteiger partial charge is 0.504 e. The standard InChI is InChI=1S/C15H21NO2.BrH/c1-2-16-6-5-10-3-4-11-7-14(17)15(18)8-12(11)13(10)9-16;/h7-8,10,13,17-18H,2-6,9H2,1H3;1H/t10-,13+;/m1./s1. The number of phenolic OH excluding ortho intramolecular Hbond substituents is 2. The van der Waals surface area contributed by atoms with Crippen molar-refractivity contribution in [1.82, 2.24) is 4.90 Å². The molecule has 1 aliphatic carbocycles. The number of fused-ring (bicyclic) bond motifs is 3. The number of halogens is 1. The minimum Gasteiger partial charge on any atom is -0.504 e. The first-order valence-corrected chi connectivity index (χ1v) is 6.96. The second-order valence-electron chi connectivity index (χ2n) is 5.63. The average molecular weight is 328 g/mol. The van der Waals surface area contributed by atoms with Crippen molar-refractivity contribution in [3.05, 3.63) is 23.3 Å². The molecular formula is C15H22BrNO2. The molecule has 0 amide bonds. The van der Waals surface area contributed by atoms with Crippen molar-refractivity contribution in [2.45, 2.75) is 32.1 Å². The molecule has 4 heteroatoms. The maximum Gasteiger partial charge on any atom is 0.157 e. The van der Waals surface area contributed by atoms with Crippen molar-refractivity contribution in [3.63, 3.8) is 0 Å². The fraction of sp³-hybridized carbons (Fsp3) is 0.600. The van der Waals surface area contributed by atoms with Crippen molar-refractivity contribution in [3.8, 4) is 11.5 Å². The van der Waals surface area contributed by atoms with Gasteiger partial charge in [-0.3, -0.25) is 0 Å². The van der Waals surface area contributed by atoms with Crippen molar-refractivity contribution in [2.24, 2.45) is 5.92 Å². The number of nitrogens with zero attached hydrogens (tertiary/aromatic N) is 1. The third-order valence-corrected chi connectivity index (χ3v) is 4.71. The summed E-state index contributed by atoms with van der Waals surface area (Å²) in [6, 6.07) is 3.55. The molecule has 3 nitrogen and oxygen atoms in total. The fourth-order valence-electron chi connectivity index (χ4n) is 3.59. The van der Waals surface area contributed by atoms with Crippen LogP contribution in [0.3, 0.4) is 0 Å². The van der Waals surface area contributed by atoms with Crippen LogP contribution in [-0.2, 0) is 6.42 Å². The molecule has 0 saturated carbocycles. The highest BCUT2D eigenvalue weighted by molar-refractivity contribution is 8.93. The van der Waals surface area contributed by atoms with Gasteiger partial charge in [0.15, 0.2) is 11.5 Å². The first-order valence-electron chi connectivity index (χ1n) is 6.96. The summed E-state index contributed by atoms with van der Waals surface area (Å²) in [6.45, 7) is 5.61. The number of likely N-dealkylation sites (N-methyl/N-ethyl adjacent to an activating group) is 1. The summed E-state index contributed by atoms with van der Waals surface area (Å²) in [7, 11) is 0. The Hall–Kier alpha value is -0.740. The Balaban J connectivity index is 0.00000133. The lowest BCUT2D eigenvalue weighted by Crippen LogP contribution is -2.40. The highest BCUT2D eigenvalue weighted by Crippen LogP contribution is 2.44. The first kappa shape index (κ1) is 14.7. The summed E-state index contributed by atoms with van der Waals surface area (Å²) in [6.07, 6.45) is 3.52. The van der Waals surface area contributed by atoms with Gasteiger partial charge in [0.25, 0.3) is 0 Å². The Morgan fingerprint density at radius 1 is 1.21 bits per heavy atom. The first-order chi connectivity index (χ1) is 8.69. The molecule has 1 fully saturated rings. The van der Waals surface area contributed by atoms with Gasteiger partial charge in [-0.2, -0.15) is 0 Å². The lowest BCUT2D eigenvalue weighted by molar-refractivity contribution is 0.152. The molecule has 0 aromatic heterocycles. The predicted molar refractivity (Wildman–Crippen MR) is 81.4 cm³/mol. The minimum absolute atomic E-state index is 0. The van der Waals surface area contributed by atoms with Gasteiger partial charge in [0.2, 0.25) is 0 Å². The Morgan fingerprint density at radius 3 is 2.68 bits per heavy atom. The van der Waals surface area contributed by atoms with E-state index < -0.39 is 0 Å². The molecule has 19 heavy (non-hydrogen) atoms. The zero-order valence-corrected chi connectivity index (χ0v) is 13.0. The normalized spacial score (nSPS) is 26.2. The minimum atomic E-state index is 0. The number of likely N-dealkylation sites (tertiary alicyclic amines) is 1. The lowest BCUT2D eigenvalue weighted by Gasteiger charge is -2.42. The summed E-state index contributed by atoms with van der Waals surface area (Å²) in [5.41, 5.74) is 2.49. The van der Waals surface area contributed by atoms with E-state index in [9.17, 15) is 10.2 Å². The molecule has 0 spiro atoms. The maximum absolute atomic E-state index is 9.73. The smallest absolute Gasteiger partial charge is 0.157 e. The molecule has 1 aromatic carbocycles. The SMILES string of the molecule is Br.CCN1CC[C@H]2CCc3cc(O)c(O)cc3[C@H]2C1. The molecular weight excluding hydrogens is 306 g/mol. The number of aromatic hydroxyl groups is 2. The number of benzene rings is 1. The highest BCUT2D eigenvalue weighted by Gasteiger charge is 2.34. The Kier molecular flexibility index (Phi) is 4.41. The van der Waals surface area contributed by atoms with Crippen LogP contribution in [-0.4, -0.2) is 34.7 Å². The van der Waals surface area contributed by atoms with Crippen LogP contribution in [0.2, 0.25) is 0 Å². The van der Waals surface area contributed by atoms with Gasteiger partial charge in [-0.05, 0) is 67.4 Å². The van der Waals surface area contributed by atoms with Crippen LogP contribution in [0.5, 0.6) is 11.5 Å². The molecule has 2 N–H and O–H groups in total.